The van der Waals surface area contributed by atoms with Crippen LogP contribution in [-0.4, -0.2) is 19.9 Å². The summed E-state index contributed by atoms with van der Waals surface area (Å²) in [6, 6.07) is 19.7. The van der Waals surface area contributed by atoms with Crippen molar-refractivity contribution >= 4 is 26.9 Å². The van der Waals surface area contributed by atoms with Gasteiger partial charge in [0.1, 0.15) is 23.0 Å². The van der Waals surface area contributed by atoms with Crippen molar-refractivity contribution in [1.29, 1.82) is 0 Å². The molecule has 8 nitrogen and oxygen atoms in total. The molecule has 1 spiro atoms. The summed E-state index contributed by atoms with van der Waals surface area (Å²) in [7, 11) is -4.00. The standard InChI is InChI=1S/C33H35N3O5S/c1-22-11-13-26(14-12-22)42(38,39)36-31(24-9-5-3-6-10-24)32(37)35-34-30-19-23(2)27-20-25-15-18-33(16-7-4-8-17-33)41-28(25)21-29(27)40-30/h3,5-6,9-14,19-21,31,36H,4,7-8,15-18H2,1-2H3,(H,35,37)/b34-30-/t31-/m0/s1. The fourth-order valence-electron chi connectivity index (χ4n) is 5.98. The van der Waals surface area contributed by atoms with Crippen LogP contribution >= 0.6 is 0 Å². The van der Waals surface area contributed by atoms with Gasteiger partial charge in [0.25, 0.3) is 5.91 Å². The molecule has 2 heterocycles. The maximum Gasteiger partial charge on any atom is 0.262 e. The Balaban J connectivity index is 1.28. The monoisotopic (exact) mass is 585 g/mol. The molecule has 1 atom stereocenters. The van der Waals surface area contributed by atoms with Gasteiger partial charge in [0, 0.05) is 17.5 Å². The minimum atomic E-state index is -4.00. The molecule has 1 saturated carbocycles. The number of rotatable bonds is 6. The molecule has 218 valence electrons. The second-order valence-electron chi connectivity index (χ2n) is 11.4. The summed E-state index contributed by atoms with van der Waals surface area (Å²) in [5.74, 6) is 0.215. The first kappa shape index (κ1) is 28.2. The molecule has 1 aromatic heterocycles. The molecule has 3 aromatic carbocycles. The third kappa shape index (κ3) is 5.84. The number of nitrogens with one attached hydrogen (secondary N) is 2. The fourth-order valence-corrected chi connectivity index (χ4v) is 7.16. The van der Waals surface area contributed by atoms with Crippen LogP contribution in [0.5, 0.6) is 5.75 Å². The number of benzene rings is 3. The van der Waals surface area contributed by atoms with E-state index in [2.05, 4.69) is 21.3 Å². The van der Waals surface area contributed by atoms with Gasteiger partial charge in [0.05, 0.1) is 4.90 Å². The fraction of sp³-hybridized carbons (Fsp3) is 0.333. The number of ether oxygens (including phenoxy) is 1. The number of hydrogen-bond acceptors (Lipinski definition) is 6. The van der Waals surface area contributed by atoms with E-state index in [4.69, 9.17) is 9.15 Å². The van der Waals surface area contributed by atoms with Gasteiger partial charge in [-0.15, -0.1) is 5.10 Å². The van der Waals surface area contributed by atoms with Crippen LogP contribution in [0.15, 0.2) is 87.2 Å². The Bertz CT molecular complexity index is 1790. The zero-order chi connectivity index (χ0) is 29.3. The maximum absolute atomic E-state index is 13.4. The van der Waals surface area contributed by atoms with E-state index in [1.54, 1.807) is 48.5 Å². The van der Waals surface area contributed by atoms with Crippen molar-refractivity contribution in [2.24, 2.45) is 5.10 Å². The number of carbonyl (C=O) groups is 1. The van der Waals surface area contributed by atoms with E-state index in [1.165, 1.54) is 37.0 Å². The summed E-state index contributed by atoms with van der Waals surface area (Å²) in [5, 5.41) is 5.20. The van der Waals surface area contributed by atoms with Gasteiger partial charge in [-0.1, -0.05) is 54.4 Å². The second kappa shape index (κ2) is 11.4. The van der Waals surface area contributed by atoms with Gasteiger partial charge in [-0.3, -0.25) is 4.79 Å². The van der Waals surface area contributed by atoms with Gasteiger partial charge in [0.2, 0.25) is 15.6 Å². The van der Waals surface area contributed by atoms with E-state index >= 15 is 0 Å². The molecule has 1 aliphatic carbocycles. The molecule has 0 bridgehead atoms. The Hall–Kier alpha value is -3.95. The summed E-state index contributed by atoms with van der Waals surface area (Å²) < 4.78 is 41.6. The average molecular weight is 586 g/mol. The predicted molar refractivity (Wildman–Crippen MR) is 160 cm³/mol. The number of carbonyl (C=O) groups excluding carboxylic acids is 1. The van der Waals surface area contributed by atoms with Crippen molar-refractivity contribution in [3.63, 3.8) is 0 Å². The van der Waals surface area contributed by atoms with Gasteiger partial charge in [-0.2, -0.15) is 4.72 Å². The van der Waals surface area contributed by atoms with Crippen molar-refractivity contribution in [3.05, 3.63) is 101 Å². The molecule has 4 aromatic rings. The number of aryl methyl sites for hydroxylation is 3. The van der Waals surface area contributed by atoms with E-state index in [-0.39, 0.29) is 16.1 Å². The summed E-state index contributed by atoms with van der Waals surface area (Å²) >= 11 is 0. The van der Waals surface area contributed by atoms with E-state index in [0.717, 1.165) is 47.9 Å². The van der Waals surface area contributed by atoms with Gasteiger partial charge >= 0.3 is 0 Å². The predicted octanol–water partition coefficient (Wildman–Crippen LogP) is 5.73. The van der Waals surface area contributed by atoms with Crippen LogP contribution in [-0.2, 0) is 21.2 Å². The van der Waals surface area contributed by atoms with Crippen molar-refractivity contribution in [2.75, 3.05) is 0 Å². The summed E-state index contributed by atoms with van der Waals surface area (Å²) in [6.45, 7) is 3.85. The van der Waals surface area contributed by atoms with E-state index in [1.807, 2.05) is 19.9 Å². The van der Waals surface area contributed by atoms with Crippen LogP contribution in [0, 0.1) is 13.8 Å². The molecule has 2 N–H and O–H groups in total. The smallest absolute Gasteiger partial charge is 0.262 e. The number of hydrogen-bond donors (Lipinski definition) is 2. The lowest BCUT2D eigenvalue weighted by atomic mass is 9.79. The Morgan fingerprint density at radius 1 is 0.929 bits per heavy atom. The van der Waals surface area contributed by atoms with Crippen molar-refractivity contribution in [2.45, 2.75) is 75.3 Å². The van der Waals surface area contributed by atoms with Crippen LogP contribution in [0.25, 0.3) is 11.0 Å². The quantitative estimate of drug-likeness (QED) is 0.281. The first-order valence-corrected chi connectivity index (χ1v) is 15.9. The van der Waals surface area contributed by atoms with Gasteiger partial charge < -0.3 is 9.15 Å². The van der Waals surface area contributed by atoms with E-state index in [9.17, 15) is 13.2 Å². The number of sulfonamides is 1. The molecule has 1 amide bonds. The zero-order valence-corrected chi connectivity index (χ0v) is 24.7. The lowest BCUT2D eigenvalue weighted by Gasteiger charge is -2.41. The molecule has 6 rings (SSSR count). The average Bonchev–Trinajstić information content (AvgIpc) is 2.99. The Morgan fingerprint density at radius 3 is 2.40 bits per heavy atom. The molecule has 0 unspecified atom stereocenters. The highest BCUT2D eigenvalue weighted by Gasteiger charge is 2.37. The summed E-state index contributed by atoms with van der Waals surface area (Å²) in [5.41, 5.74) is 6.79. The third-order valence-corrected chi connectivity index (χ3v) is 9.80. The minimum absolute atomic E-state index is 0.0690. The number of fused-ring (bicyclic) bond motifs is 2. The molecule has 0 saturated heterocycles. The first-order chi connectivity index (χ1) is 20.2. The molecule has 1 fully saturated rings. The largest absolute Gasteiger partial charge is 0.487 e. The second-order valence-corrected chi connectivity index (χ2v) is 13.1. The lowest BCUT2D eigenvalue weighted by molar-refractivity contribution is -0.123. The topological polar surface area (TPSA) is 110 Å². The SMILES string of the molecule is Cc1ccc(S(=O)(=O)N[C@H](C(=O)N/N=c2/cc(C)c3cc4c(cc3o2)OC2(CCCCC2)CC4)c2ccccc2)cc1. The molecule has 0 radical (unpaired) electrons. The van der Waals surface area contributed by atoms with Gasteiger partial charge in [-0.05, 0) is 87.3 Å². The molecule has 2 aliphatic rings. The molecule has 1 aliphatic heterocycles. The molecule has 42 heavy (non-hydrogen) atoms. The van der Waals surface area contributed by atoms with Gasteiger partial charge in [-0.25, -0.2) is 13.8 Å². The van der Waals surface area contributed by atoms with Crippen LogP contribution in [0.2, 0.25) is 0 Å². The summed E-state index contributed by atoms with van der Waals surface area (Å²) in [6.07, 6.45) is 7.83. The Morgan fingerprint density at radius 2 is 1.67 bits per heavy atom. The highest BCUT2D eigenvalue weighted by atomic mass is 32.2. The number of nitrogens with zero attached hydrogens (tertiary/aromatic N) is 1. The van der Waals surface area contributed by atoms with Gasteiger partial charge in [0.15, 0.2) is 0 Å². The van der Waals surface area contributed by atoms with Crippen LogP contribution in [0.4, 0.5) is 0 Å². The number of amides is 1. The molecular formula is C33H35N3O5S. The minimum Gasteiger partial charge on any atom is -0.487 e. The zero-order valence-electron chi connectivity index (χ0n) is 23.9. The Kier molecular flexibility index (Phi) is 7.64. The normalized spacial score (nSPS) is 17.4. The third-order valence-electron chi connectivity index (χ3n) is 8.36. The lowest BCUT2D eigenvalue weighted by Crippen LogP contribution is -2.41. The first-order valence-electron chi connectivity index (χ1n) is 14.5. The maximum atomic E-state index is 13.4. The van der Waals surface area contributed by atoms with Crippen LogP contribution in [0.1, 0.15) is 66.8 Å². The van der Waals surface area contributed by atoms with E-state index < -0.39 is 22.0 Å². The van der Waals surface area contributed by atoms with Crippen LogP contribution in [0.3, 0.4) is 0 Å². The highest BCUT2D eigenvalue weighted by Crippen LogP contribution is 2.43. The molecular weight excluding hydrogens is 550 g/mol. The van der Waals surface area contributed by atoms with Crippen molar-refractivity contribution in [3.8, 4) is 5.75 Å². The summed E-state index contributed by atoms with van der Waals surface area (Å²) in [4.78, 5) is 13.5. The molecule has 9 heteroatoms. The Labute approximate surface area is 245 Å². The van der Waals surface area contributed by atoms with Crippen molar-refractivity contribution in [1.82, 2.24) is 10.1 Å². The van der Waals surface area contributed by atoms with E-state index in [0.29, 0.717) is 11.1 Å². The highest BCUT2D eigenvalue weighted by molar-refractivity contribution is 7.89. The van der Waals surface area contributed by atoms with Crippen LogP contribution < -0.4 is 20.4 Å². The van der Waals surface area contributed by atoms with Crippen molar-refractivity contribution < 1.29 is 22.4 Å².